The van der Waals surface area contributed by atoms with Crippen molar-refractivity contribution in [1.29, 1.82) is 0 Å². The fourth-order valence-electron chi connectivity index (χ4n) is 1.83. The van der Waals surface area contributed by atoms with Crippen LogP contribution in [0.5, 0.6) is 0 Å². The number of fused-ring (bicyclic) bond motifs is 1. The fraction of sp³-hybridized carbons (Fsp3) is 0.167. The molecule has 1 heterocycles. The summed E-state index contributed by atoms with van der Waals surface area (Å²) in [6.45, 7) is 2.61. The van der Waals surface area contributed by atoms with Gasteiger partial charge < -0.3 is 15.6 Å². The molecule has 0 spiro atoms. The molecular weight excluding hydrogens is 264 g/mol. The van der Waals surface area contributed by atoms with E-state index in [1.54, 1.807) is 0 Å². The summed E-state index contributed by atoms with van der Waals surface area (Å²) in [5.41, 5.74) is -0.514. The van der Waals surface area contributed by atoms with Gasteiger partial charge in [0.1, 0.15) is 0 Å². The molecule has 2 rings (SSSR count). The lowest BCUT2D eigenvalue weighted by molar-refractivity contribution is -0.115. The number of hydrogen-bond acceptors (Lipinski definition) is 4. The van der Waals surface area contributed by atoms with Crippen molar-refractivity contribution in [2.24, 2.45) is 0 Å². The molecule has 4 N–H and O–H groups in total. The Morgan fingerprint density at radius 2 is 1.65 bits per heavy atom. The minimum Gasteiger partial charge on any atom is -0.326 e. The van der Waals surface area contributed by atoms with Gasteiger partial charge in [0.05, 0.1) is 16.6 Å². The number of H-pyrrole nitrogens is 2. The standard InChI is InChI=1S/C12H12N4O4/c1-5(17)13-7-3-8-10(9(4-7)14-6(2)18)15-12(20)16-11(8)19/h3-4H,1-2H3,(H,13,17)(H,14,18)(H2,15,16,19,20). The van der Waals surface area contributed by atoms with E-state index in [0.29, 0.717) is 5.69 Å². The molecule has 0 saturated heterocycles. The highest BCUT2D eigenvalue weighted by Gasteiger charge is 2.10. The van der Waals surface area contributed by atoms with Gasteiger partial charge in [-0.1, -0.05) is 0 Å². The highest BCUT2D eigenvalue weighted by Crippen LogP contribution is 2.23. The van der Waals surface area contributed by atoms with Gasteiger partial charge in [0, 0.05) is 19.5 Å². The second-order valence-corrected chi connectivity index (χ2v) is 4.22. The first-order valence-corrected chi connectivity index (χ1v) is 5.72. The molecule has 0 aliphatic rings. The van der Waals surface area contributed by atoms with Crippen LogP contribution >= 0.6 is 0 Å². The zero-order valence-electron chi connectivity index (χ0n) is 10.8. The van der Waals surface area contributed by atoms with E-state index in [9.17, 15) is 19.2 Å². The quantitative estimate of drug-likeness (QED) is 0.622. The molecule has 104 valence electrons. The number of carbonyl (C=O) groups excluding carboxylic acids is 2. The molecule has 0 radical (unpaired) electrons. The van der Waals surface area contributed by atoms with Gasteiger partial charge >= 0.3 is 5.69 Å². The van der Waals surface area contributed by atoms with Crippen LogP contribution in [0.25, 0.3) is 10.9 Å². The van der Waals surface area contributed by atoms with Crippen LogP contribution in [0.3, 0.4) is 0 Å². The van der Waals surface area contributed by atoms with Gasteiger partial charge in [0.25, 0.3) is 5.56 Å². The van der Waals surface area contributed by atoms with Crippen LogP contribution in [0.1, 0.15) is 13.8 Å². The summed E-state index contributed by atoms with van der Waals surface area (Å²) >= 11 is 0. The molecule has 0 fully saturated rings. The van der Waals surface area contributed by atoms with Crippen LogP contribution in [0.15, 0.2) is 21.7 Å². The van der Waals surface area contributed by atoms with Crippen LogP contribution < -0.4 is 21.9 Å². The van der Waals surface area contributed by atoms with E-state index >= 15 is 0 Å². The maximum Gasteiger partial charge on any atom is 0.326 e. The van der Waals surface area contributed by atoms with Gasteiger partial charge in [-0.25, -0.2) is 4.79 Å². The van der Waals surface area contributed by atoms with E-state index in [1.807, 2.05) is 0 Å². The van der Waals surface area contributed by atoms with E-state index in [1.165, 1.54) is 26.0 Å². The molecular formula is C12H12N4O4. The summed E-state index contributed by atoms with van der Waals surface area (Å²) in [7, 11) is 0. The van der Waals surface area contributed by atoms with Crippen molar-refractivity contribution in [3.63, 3.8) is 0 Å². The molecule has 0 atom stereocenters. The minimum absolute atomic E-state index is 0.152. The predicted molar refractivity (Wildman–Crippen MR) is 73.8 cm³/mol. The zero-order chi connectivity index (χ0) is 14.9. The summed E-state index contributed by atoms with van der Waals surface area (Å²) in [6, 6.07) is 2.87. The Kier molecular flexibility index (Phi) is 3.38. The SMILES string of the molecule is CC(=O)Nc1cc(NC(C)=O)c2[nH]c(=O)[nH]c(=O)c2c1. The summed E-state index contributed by atoms with van der Waals surface area (Å²) in [4.78, 5) is 49.9. The fourth-order valence-corrected chi connectivity index (χ4v) is 1.83. The van der Waals surface area contributed by atoms with Crippen LogP contribution in [-0.2, 0) is 9.59 Å². The minimum atomic E-state index is -0.679. The molecule has 0 aliphatic heterocycles. The lowest BCUT2D eigenvalue weighted by Crippen LogP contribution is -2.23. The largest absolute Gasteiger partial charge is 0.326 e. The molecule has 8 nitrogen and oxygen atoms in total. The smallest absolute Gasteiger partial charge is 0.326 e. The van der Waals surface area contributed by atoms with E-state index in [4.69, 9.17) is 0 Å². The van der Waals surface area contributed by atoms with Gasteiger partial charge in [0.2, 0.25) is 11.8 Å². The third-order valence-corrected chi connectivity index (χ3v) is 2.48. The van der Waals surface area contributed by atoms with Crippen molar-refractivity contribution >= 4 is 34.1 Å². The number of anilines is 2. The van der Waals surface area contributed by atoms with Gasteiger partial charge in [-0.3, -0.25) is 19.4 Å². The predicted octanol–water partition coefficient (Wildman–Crippen LogP) is 0.133. The first-order chi connectivity index (χ1) is 9.36. The van der Waals surface area contributed by atoms with Crippen molar-refractivity contribution in [1.82, 2.24) is 9.97 Å². The Morgan fingerprint density at radius 1 is 1.00 bits per heavy atom. The number of aromatic nitrogens is 2. The van der Waals surface area contributed by atoms with Crippen LogP contribution in [0.4, 0.5) is 11.4 Å². The molecule has 2 amide bonds. The number of aromatic amines is 2. The van der Waals surface area contributed by atoms with Gasteiger partial charge in [0.15, 0.2) is 0 Å². The van der Waals surface area contributed by atoms with Gasteiger partial charge in [-0.2, -0.15) is 0 Å². The van der Waals surface area contributed by atoms with Gasteiger partial charge in [-0.05, 0) is 12.1 Å². The Bertz CT molecular complexity index is 818. The first-order valence-electron chi connectivity index (χ1n) is 5.72. The third-order valence-electron chi connectivity index (χ3n) is 2.48. The Labute approximate surface area is 112 Å². The first kappa shape index (κ1) is 13.5. The normalized spacial score (nSPS) is 10.3. The van der Waals surface area contributed by atoms with E-state index < -0.39 is 11.2 Å². The number of benzene rings is 1. The van der Waals surface area contributed by atoms with Crippen LogP contribution in [-0.4, -0.2) is 21.8 Å². The lowest BCUT2D eigenvalue weighted by atomic mass is 10.2. The average molecular weight is 276 g/mol. The van der Waals surface area contributed by atoms with Crippen molar-refractivity contribution in [2.75, 3.05) is 10.6 Å². The molecule has 0 aliphatic carbocycles. The maximum absolute atomic E-state index is 11.8. The maximum atomic E-state index is 11.8. The average Bonchev–Trinajstić information content (AvgIpc) is 2.29. The van der Waals surface area contributed by atoms with Crippen LogP contribution in [0, 0.1) is 0 Å². The van der Waals surface area contributed by atoms with Crippen molar-refractivity contribution < 1.29 is 9.59 Å². The summed E-state index contributed by atoms with van der Waals surface area (Å²) < 4.78 is 0. The highest BCUT2D eigenvalue weighted by molar-refractivity contribution is 6.02. The van der Waals surface area contributed by atoms with Crippen LogP contribution in [0.2, 0.25) is 0 Å². The summed E-state index contributed by atoms with van der Waals surface area (Å²) in [5, 5.41) is 5.17. The van der Waals surface area contributed by atoms with Crippen molar-refractivity contribution in [3.05, 3.63) is 33.0 Å². The molecule has 0 bridgehead atoms. The monoisotopic (exact) mass is 276 g/mol. The molecule has 1 aromatic carbocycles. The molecule has 2 aromatic rings. The van der Waals surface area contributed by atoms with E-state index in [0.717, 1.165) is 0 Å². The molecule has 0 saturated carbocycles. The van der Waals surface area contributed by atoms with E-state index in [-0.39, 0.29) is 28.4 Å². The number of nitrogens with one attached hydrogen (secondary N) is 4. The number of rotatable bonds is 2. The summed E-state index contributed by atoms with van der Waals surface area (Å²) in [5.74, 6) is -0.689. The Balaban J connectivity index is 2.77. The topological polar surface area (TPSA) is 124 Å². The number of carbonyl (C=O) groups is 2. The molecule has 20 heavy (non-hydrogen) atoms. The molecule has 8 heteroatoms. The second-order valence-electron chi connectivity index (χ2n) is 4.22. The second kappa shape index (κ2) is 5.00. The van der Waals surface area contributed by atoms with Gasteiger partial charge in [-0.15, -0.1) is 0 Å². The summed E-state index contributed by atoms with van der Waals surface area (Å²) in [6.07, 6.45) is 0. The van der Waals surface area contributed by atoms with E-state index in [2.05, 4.69) is 20.6 Å². The van der Waals surface area contributed by atoms with Crippen molar-refractivity contribution in [3.8, 4) is 0 Å². The molecule has 0 unspecified atom stereocenters. The van der Waals surface area contributed by atoms with Crippen molar-refractivity contribution in [2.45, 2.75) is 13.8 Å². The Morgan fingerprint density at radius 3 is 2.25 bits per heavy atom. The third kappa shape index (κ3) is 2.74. The highest BCUT2D eigenvalue weighted by atomic mass is 16.2. The number of amides is 2. The zero-order valence-corrected chi connectivity index (χ0v) is 10.8. The molecule has 1 aromatic heterocycles. The Hall–Kier alpha value is -2.90. The lowest BCUT2D eigenvalue weighted by Gasteiger charge is -2.10. The number of hydrogen-bond donors (Lipinski definition) is 4.